The molecule has 34 heavy (non-hydrogen) atoms. The van der Waals surface area contributed by atoms with Gasteiger partial charge in [-0.2, -0.15) is 5.10 Å². The number of rotatable bonds is 5. The summed E-state index contributed by atoms with van der Waals surface area (Å²) in [5, 5.41) is 7.09. The molecule has 2 aromatic carbocycles. The van der Waals surface area contributed by atoms with Crippen LogP contribution in [0, 0.1) is 13.8 Å². The molecule has 0 bridgehead atoms. The molecule has 1 aliphatic carbocycles. The van der Waals surface area contributed by atoms with Gasteiger partial charge in [0.2, 0.25) is 0 Å². The molecule has 1 aromatic heterocycles. The Morgan fingerprint density at radius 3 is 2.44 bits per heavy atom. The highest BCUT2D eigenvalue weighted by molar-refractivity contribution is 6.11. The number of methoxy groups -OCH3 is 1. The summed E-state index contributed by atoms with van der Waals surface area (Å²) in [4.78, 5) is 37.5. The number of carbonyl (C=O) groups is 3. The maximum atomic E-state index is 13.0. The highest BCUT2D eigenvalue weighted by Gasteiger charge is 2.28. The van der Waals surface area contributed by atoms with Crippen LogP contribution in [0.15, 0.2) is 58.0 Å². The van der Waals surface area contributed by atoms with E-state index in [1.54, 1.807) is 43.3 Å². The topological polar surface area (TPSA) is 110 Å². The molecule has 8 nitrogen and oxygen atoms in total. The fraction of sp³-hybridized carbons (Fsp3) is 0.231. The Balaban J connectivity index is 1.58. The number of benzene rings is 2. The zero-order chi connectivity index (χ0) is 24.2. The average molecular weight is 460 g/mol. The third-order valence-corrected chi connectivity index (χ3v) is 5.72. The SMILES string of the molecule is COC(=O)c1ccccc1NC(=O)c1oc2c(c1C)/C(=N/NC(=O)c1ccc(C)cc1)CCC2. The largest absolute Gasteiger partial charge is 0.465 e. The summed E-state index contributed by atoms with van der Waals surface area (Å²) in [6.45, 7) is 3.74. The van der Waals surface area contributed by atoms with Gasteiger partial charge >= 0.3 is 5.97 Å². The Hall–Kier alpha value is -4.20. The van der Waals surface area contributed by atoms with Gasteiger partial charge in [-0.05, 0) is 51.0 Å². The number of carbonyl (C=O) groups excluding carboxylic acids is 3. The van der Waals surface area contributed by atoms with Crippen molar-refractivity contribution in [1.29, 1.82) is 0 Å². The van der Waals surface area contributed by atoms with E-state index in [9.17, 15) is 14.4 Å². The second-order valence-electron chi connectivity index (χ2n) is 8.06. The average Bonchev–Trinajstić information content (AvgIpc) is 3.20. The molecule has 0 saturated heterocycles. The van der Waals surface area contributed by atoms with Crippen molar-refractivity contribution in [1.82, 2.24) is 5.43 Å². The molecule has 3 aromatic rings. The van der Waals surface area contributed by atoms with Crippen molar-refractivity contribution in [3.05, 3.63) is 87.9 Å². The van der Waals surface area contributed by atoms with Gasteiger partial charge in [0, 0.05) is 23.1 Å². The molecule has 1 aliphatic rings. The molecule has 0 saturated carbocycles. The van der Waals surface area contributed by atoms with E-state index in [0.717, 1.165) is 17.5 Å². The van der Waals surface area contributed by atoms with Crippen LogP contribution in [0.1, 0.15) is 66.6 Å². The Morgan fingerprint density at radius 1 is 0.971 bits per heavy atom. The van der Waals surface area contributed by atoms with Crippen molar-refractivity contribution in [3.63, 3.8) is 0 Å². The van der Waals surface area contributed by atoms with Crippen molar-refractivity contribution in [2.45, 2.75) is 33.1 Å². The molecular formula is C26H25N3O5. The third-order valence-electron chi connectivity index (χ3n) is 5.72. The number of furan rings is 1. The molecule has 0 fully saturated rings. The van der Waals surface area contributed by atoms with Crippen LogP contribution in [-0.2, 0) is 11.2 Å². The summed E-state index contributed by atoms with van der Waals surface area (Å²) in [6.07, 6.45) is 2.09. The summed E-state index contributed by atoms with van der Waals surface area (Å²) in [6, 6.07) is 13.8. The number of aryl methyl sites for hydroxylation is 2. The van der Waals surface area contributed by atoms with E-state index in [1.165, 1.54) is 7.11 Å². The van der Waals surface area contributed by atoms with Gasteiger partial charge in [-0.1, -0.05) is 29.8 Å². The first-order valence-corrected chi connectivity index (χ1v) is 10.9. The van der Waals surface area contributed by atoms with Crippen LogP contribution in [0.2, 0.25) is 0 Å². The minimum atomic E-state index is -0.551. The molecule has 8 heteroatoms. The van der Waals surface area contributed by atoms with E-state index in [2.05, 4.69) is 15.8 Å². The molecule has 0 unspecified atom stereocenters. The number of nitrogens with one attached hydrogen (secondary N) is 2. The van der Waals surface area contributed by atoms with Gasteiger partial charge in [0.1, 0.15) is 5.76 Å². The Kier molecular flexibility index (Phi) is 6.58. The molecule has 2 amide bonds. The van der Waals surface area contributed by atoms with Crippen LogP contribution in [0.4, 0.5) is 5.69 Å². The first-order valence-electron chi connectivity index (χ1n) is 10.9. The maximum Gasteiger partial charge on any atom is 0.339 e. The number of anilines is 1. The number of esters is 1. The lowest BCUT2D eigenvalue weighted by molar-refractivity contribution is 0.0601. The van der Waals surface area contributed by atoms with E-state index in [1.807, 2.05) is 19.1 Å². The number of ether oxygens (including phenoxy) is 1. The molecule has 1 heterocycles. The van der Waals surface area contributed by atoms with Gasteiger partial charge < -0.3 is 14.5 Å². The Morgan fingerprint density at radius 2 is 1.71 bits per heavy atom. The highest BCUT2D eigenvalue weighted by atomic mass is 16.5. The smallest absolute Gasteiger partial charge is 0.339 e. The van der Waals surface area contributed by atoms with E-state index in [0.29, 0.717) is 41.1 Å². The van der Waals surface area contributed by atoms with Crippen LogP contribution in [0.5, 0.6) is 0 Å². The minimum Gasteiger partial charge on any atom is -0.465 e. The molecule has 2 N–H and O–H groups in total. The van der Waals surface area contributed by atoms with Gasteiger partial charge in [-0.25, -0.2) is 10.2 Å². The van der Waals surface area contributed by atoms with Crippen molar-refractivity contribution < 1.29 is 23.5 Å². The highest BCUT2D eigenvalue weighted by Crippen LogP contribution is 2.30. The van der Waals surface area contributed by atoms with Crippen molar-refractivity contribution >= 4 is 29.2 Å². The first kappa shape index (κ1) is 23.0. The lowest BCUT2D eigenvalue weighted by Gasteiger charge is -2.13. The number of amides is 2. The number of hydrogen-bond donors (Lipinski definition) is 2. The van der Waals surface area contributed by atoms with E-state index in [-0.39, 0.29) is 17.2 Å². The van der Waals surface area contributed by atoms with Gasteiger partial charge in [-0.3, -0.25) is 9.59 Å². The molecule has 4 rings (SSSR count). The number of hydrogen-bond acceptors (Lipinski definition) is 6. The number of hydrazone groups is 1. The zero-order valence-electron chi connectivity index (χ0n) is 19.2. The molecule has 0 aliphatic heterocycles. The van der Waals surface area contributed by atoms with Crippen LogP contribution in [-0.4, -0.2) is 30.6 Å². The van der Waals surface area contributed by atoms with Gasteiger partial charge in [0.25, 0.3) is 11.8 Å². The molecule has 0 atom stereocenters. The van der Waals surface area contributed by atoms with E-state index < -0.39 is 11.9 Å². The van der Waals surface area contributed by atoms with E-state index >= 15 is 0 Å². The number of fused-ring (bicyclic) bond motifs is 1. The summed E-state index contributed by atoms with van der Waals surface area (Å²) in [7, 11) is 1.28. The summed E-state index contributed by atoms with van der Waals surface area (Å²) in [5.74, 6) is -0.544. The summed E-state index contributed by atoms with van der Waals surface area (Å²) >= 11 is 0. The van der Waals surface area contributed by atoms with Crippen LogP contribution < -0.4 is 10.7 Å². The van der Waals surface area contributed by atoms with E-state index in [4.69, 9.17) is 9.15 Å². The molecular weight excluding hydrogens is 434 g/mol. The third kappa shape index (κ3) is 4.61. The lowest BCUT2D eigenvalue weighted by atomic mass is 9.93. The molecule has 0 radical (unpaired) electrons. The Labute approximate surface area is 197 Å². The summed E-state index contributed by atoms with van der Waals surface area (Å²) < 4.78 is 10.7. The normalized spacial score (nSPS) is 13.8. The molecule has 174 valence electrons. The lowest BCUT2D eigenvalue weighted by Crippen LogP contribution is -2.22. The molecule has 0 spiro atoms. The van der Waals surface area contributed by atoms with Gasteiger partial charge in [0.15, 0.2) is 5.76 Å². The second-order valence-corrected chi connectivity index (χ2v) is 8.06. The standard InChI is InChI=1S/C26H25N3O5/c1-15-11-13-17(14-12-15)24(30)29-28-20-9-6-10-21-22(20)16(2)23(34-21)25(31)27-19-8-5-4-7-18(19)26(32)33-3/h4-5,7-8,11-14H,6,9-10H2,1-3H3,(H,27,31)(H,29,30)/b28-20+. The van der Waals surface area contributed by atoms with Crippen LogP contribution in [0.3, 0.4) is 0 Å². The maximum absolute atomic E-state index is 13.0. The quantitative estimate of drug-likeness (QED) is 0.434. The predicted octanol–water partition coefficient (Wildman–Crippen LogP) is 4.41. The van der Waals surface area contributed by atoms with Crippen molar-refractivity contribution in [3.8, 4) is 0 Å². The second kappa shape index (κ2) is 9.74. The fourth-order valence-corrected chi connectivity index (χ4v) is 3.94. The van der Waals surface area contributed by atoms with Gasteiger partial charge in [-0.15, -0.1) is 0 Å². The monoisotopic (exact) mass is 459 g/mol. The van der Waals surface area contributed by atoms with Crippen molar-refractivity contribution in [2.75, 3.05) is 12.4 Å². The summed E-state index contributed by atoms with van der Waals surface area (Å²) in [5.41, 5.74) is 6.80. The minimum absolute atomic E-state index is 0.143. The van der Waals surface area contributed by atoms with Crippen molar-refractivity contribution in [2.24, 2.45) is 5.10 Å². The Bertz CT molecular complexity index is 1290. The predicted molar refractivity (Wildman–Crippen MR) is 127 cm³/mol. The van der Waals surface area contributed by atoms with Crippen LogP contribution in [0.25, 0.3) is 0 Å². The zero-order valence-corrected chi connectivity index (χ0v) is 19.2. The fourth-order valence-electron chi connectivity index (χ4n) is 3.94. The number of para-hydroxylation sites is 1. The van der Waals surface area contributed by atoms with Crippen LogP contribution >= 0.6 is 0 Å². The van der Waals surface area contributed by atoms with Gasteiger partial charge in [0.05, 0.1) is 24.1 Å². The number of nitrogens with zero attached hydrogens (tertiary/aromatic N) is 1. The first-order chi connectivity index (χ1) is 16.4.